The molecule has 0 spiro atoms. The van der Waals surface area contributed by atoms with Crippen molar-refractivity contribution in [3.63, 3.8) is 0 Å². The van der Waals surface area contributed by atoms with Crippen LogP contribution in [0.2, 0.25) is 0 Å². The number of anilines is 1. The molecule has 0 radical (unpaired) electrons. The molecule has 1 aliphatic rings. The number of rotatable bonds is 4. The maximum absolute atomic E-state index is 12.9. The minimum Gasteiger partial charge on any atom is -0.358 e. The highest BCUT2D eigenvalue weighted by Gasteiger charge is 2.19. The molecule has 1 saturated heterocycles. The number of amides is 1. The number of hydrogen-bond donors (Lipinski definition) is 0. The summed E-state index contributed by atoms with van der Waals surface area (Å²) in [4.78, 5) is 18.9. The topological polar surface area (TPSA) is 36.4 Å². The maximum Gasteiger partial charge on any atom is 0.222 e. The van der Waals surface area contributed by atoms with Crippen molar-refractivity contribution in [1.82, 2.24) is 9.88 Å². The van der Waals surface area contributed by atoms with E-state index in [4.69, 9.17) is 0 Å². The van der Waals surface area contributed by atoms with Crippen molar-refractivity contribution >= 4 is 11.7 Å². The van der Waals surface area contributed by atoms with Gasteiger partial charge in [-0.05, 0) is 18.6 Å². The fourth-order valence-electron chi connectivity index (χ4n) is 1.94. The first-order valence-electron chi connectivity index (χ1n) is 5.78. The number of carbonyl (C=O) groups excluding carboxylic acids is 1. The Morgan fingerprint density at radius 2 is 2.35 bits per heavy atom. The minimum absolute atomic E-state index is 0.214. The standard InChI is InChI=1S/C12H16FN3O/c1-15(11-5-2-4-10(13)14-11)8-9-16-7-3-6-12(16)17/h2,4-5H,3,6-9H2,1H3. The van der Waals surface area contributed by atoms with E-state index in [1.54, 1.807) is 12.1 Å². The second kappa shape index (κ2) is 5.12. The number of hydrogen-bond acceptors (Lipinski definition) is 3. The van der Waals surface area contributed by atoms with Crippen molar-refractivity contribution in [2.45, 2.75) is 12.8 Å². The monoisotopic (exact) mass is 237 g/mol. The van der Waals surface area contributed by atoms with E-state index >= 15 is 0 Å². The molecule has 5 heteroatoms. The van der Waals surface area contributed by atoms with E-state index in [2.05, 4.69) is 4.98 Å². The summed E-state index contributed by atoms with van der Waals surface area (Å²) in [5.74, 6) is 0.328. The molecule has 1 aromatic heterocycles. The number of carbonyl (C=O) groups is 1. The first-order chi connectivity index (χ1) is 8.16. The molecule has 0 unspecified atom stereocenters. The van der Waals surface area contributed by atoms with E-state index < -0.39 is 5.95 Å². The third-order valence-electron chi connectivity index (χ3n) is 2.97. The molecule has 92 valence electrons. The van der Waals surface area contributed by atoms with Crippen molar-refractivity contribution in [2.24, 2.45) is 0 Å². The van der Waals surface area contributed by atoms with Crippen molar-refractivity contribution in [3.05, 3.63) is 24.1 Å². The van der Waals surface area contributed by atoms with Gasteiger partial charge >= 0.3 is 0 Å². The van der Waals surface area contributed by atoms with Gasteiger partial charge in [-0.15, -0.1) is 0 Å². The zero-order chi connectivity index (χ0) is 12.3. The van der Waals surface area contributed by atoms with E-state index in [0.29, 0.717) is 25.3 Å². The van der Waals surface area contributed by atoms with Crippen LogP contribution in [-0.4, -0.2) is 42.5 Å². The predicted molar refractivity (Wildman–Crippen MR) is 63.3 cm³/mol. The van der Waals surface area contributed by atoms with Crippen LogP contribution in [0.5, 0.6) is 0 Å². The number of pyridine rings is 1. The van der Waals surface area contributed by atoms with Crippen molar-refractivity contribution in [2.75, 3.05) is 31.6 Å². The molecule has 0 bridgehead atoms. The summed E-state index contributed by atoms with van der Waals surface area (Å²) in [7, 11) is 1.85. The number of aromatic nitrogens is 1. The highest BCUT2D eigenvalue weighted by molar-refractivity contribution is 5.78. The van der Waals surface area contributed by atoms with E-state index in [1.165, 1.54) is 6.07 Å². The smallest absolute Gasteiger partial charge is 0.222 e. The molecule has 2 heterocycles. The molecule has 1 aromatic rings. The Labute approximate surface area is 100 Å². The molecule has 0 N–H and O–H groups in total. The van der Waals surface area contributed by atoms with Gasteiger partial charge < -0.3 is 9.80 Å². The van der Waals surface area contributed by atoms with Crippen molar-refractivity contribution in [1.29, 1.82) is 0 Å². The lowest BCUT2D eigenvalue weighted by Crippen LogP contribution is -2.34. The van der Waals surface area contributed by atoms with E-state index in [-0.39, 0.29) is 5.91 Å². The molecule has 0 atom stereocenters. The number of halogens is 1. The van der Waals surface area contributed by atoms with Gasteiger partial charge in [0.15, 0.2) is 0 Å². The van der Waals surface area contributed by atoms with Crippen LogP contribution in [0.15, 0.2) is 18.2 Å². The summed E-state index contributed by atoms with van der Waals surface area (Å²) in [6, 6.07) is 4.71. The van der Waals surface area contributed by atoms with Crippen LogP contribution in [0.3, 0.4) is 0 Å². The third-order valence-corrected chi connectivity index (χ3v) is 2.97. The van der Waals surface area contributed by atoms with Crippen molar-refractivity contribution < 1.29 is 9.18 Å². The van der Waals surface area contributed by atoms with Crippen LogP contribution in [0.25, 0.3) is 0 Å². The summed E-state index contributed by atoms with van der Waals surface area (Å²) >= 11 is 0. The van der Waals surface area contributed by atoms with Gasteiger partial charge in [-0.25, -0.2) is 4.98 Å². The summed E-state index contributed by atoms with van der Waals surface area (Å²) in [5, 5.41) is 0. The summed E-state index contributed by atoms with van der Waals surface area (Å²) < 4.78 is 12.9. The SMILES string of the molecule is CN(CCN1CCCC1=O)c1cccc(F)n1. The lowest BCUT2D eigenvalue weighted by atomic mass is 10.4. The Kier molecular flexibility index (Phi) is 3.56. The third kappa shape index (κ3) is 2.93. The van der Waals surface area contributed by atoms with Crippen LogP contribution in [0.4, 0.5) is 10.2 Å². The molecule has 0 saturated carbocycles. The lowest BCUT2D eigenvalue weighted by molar-refractivity contribution is -0.127. The second-order valence-corrected chi connectivity index (χ2v) is 4.22. The molecule has 2 rings (SSSR count). The van der Waals surface area contributed by atoms with Gasteiger partial charge in [0, 0.05) is 33.1 Å². The van der Waals surface area contributed by atoms with Gasteiger partial charge in [0.05, 0.1) is 0 Å². The normalized spacial score (nSPS) is 15.4. The summed E-state index contributed by atoms with van der Waals surface area (Å²) in [6.07, 6.45) is 1.60. The highest BCUT2D eigenvalue weighted by Crippen LogP contribution is 2.11. The van der Waals surface area contributed by atoms with Crippen LogP contribution < -0.4 is 4.90 Å². The van der Waals surface area contributed by atoms with Crippen LogP contribution in [0, 0.1) is 5.95 Å². The van der Waals surface area contributed by atoms with E-state index in [0.717, 1.165) is 13.0 Å². The quantitative estimate of drug-likeness (QED) is 0.740. The van der Waals surface area contributed by atoms with Gasteiger partial charge in [-0.1, -0.05) is 6.07 Å². The van der Waals surface area contributed by atoms with Gasteiger partial charge in [0.2, 0.25) is 11.9 Å². The fraction of sp³-hybridized carbons (Fsp3) is 0.500. The first kappa shape index (κ1) is 11.8. The first-order valence-corrected chi connectivity index (χ1v) is 5.78. The minimum atomic E-state index is -0.480. The summed E-state index contributed by atoms with van der Waals surface area (Å²) in [5.41, 5.74) is 0. The molecular formula is C12H16FN3O. The van der Waals surface area contributed by atoms with Crippen molar-refractivity contribution in [3.8, 4) is 0 Å². The summed E-state index contributed by atoms with van der Waals surface area (Å²) in [6.45, 7) is 2.18. The largest absolute Gasteiger partial charge is 0.358 e. The Morgan fingerprint density at radius 3 is 3.00 bits per heavy atom. The number of nitrogens with zero attached hydrogens (tertiary/aromatic N) is 3. The molecule has 17 heavy (non-hydrogen) atoms. The van der Waals surface area contributed by atoms with E-state index in [9.17, 15) is 9.18 Å². The predicted octanol–water partition coefficient (Wildman–Crippen LogP) is 1.28. The zero-order valence-electron chi connectivity index (χ0n) is 9.90. The second-order valence-electron chi connectivity index (χ2n) is 4.22. The highest BCUT2D eigenvalue weighted by atomic mass is 19.1. The van der Waals surface area contributed by atoms with Crippen LogP contribution in [-0.2, 0) is 4.79 Å². The maximum atomic E-state index is 12.9. The molecule has 4 nitrogen and oxygen atoms in total. The Morgan fingerprint density at radius 1 is 1.53 bits per heavy atom. The van der Waals surface area contributed by atoms with Gasteiger partial charge in [-0.3, -0.25) is 4.79 Å². The van der Waals surface area contributed by atoms with Gasteiger partial charge in [0.1, 0.15) is 5.82 Å². The average molecular weight is 237 g/mol. The average Bonchev–Trinajstić information content (AvgIpc) is 2.72. The fourth-order valence-corrected chi connectivity index (χ4v) is 1.94. The molecule has 1 amide bonds. The Hall–Kier alpha value is -1.65. The van der Waals surface area contributed by atoms with Gasteiger partial charge in [0.25, 0.3) is 0 Å². The van der Waals surface area contributed by atoms with Crippen LogP contribution in [0.1, 0.15) is 12.8 Å². The van der Waals surface area contributed by atoms with Gasteiger partial charge in [-0.2, -0.15) is 4.39 Å². The lowest BCUT2D eigenvalue weighted by Gasteiger charge is -2.22. The molecule has 1 aliphatic heterocycles. The Bertz CT molecular complexity index is 410. The Balaban J connectivity index is 1.88. The molecule has 0 aliphatic carbocycles. The van der Waals surface area contributed by atoms with Crippen LogP contribution >= 0.6 is 0 Å². The zero-order valence-corrected chi connectivity index (χ0v) is 9.90. The molecule has 1 fully saturated rings. The molecule has 0 aromatic carbocycles. The number of likely N-dealkylation sites (N-methyl/N-ethyl adjacent to an activating group) is 1. The van der Waals surface area contributed by atoms with E-state index in [1.807, 2.05) is 16.8 Å². The number of likely N-dealkylation sites (tertiary alicyclic amines) is 1. The molecular weight excluding hydrogens is 221 g/mol.